The Morgan fingerprint density at radius 1 is 0.556 bits per heavy atom. The molecule has 0 unspecified atom stereocenters. The van der Waals surface area contributed by atoms with Crippen LogP contribution in [-0.4, -0.2) is 133 Å². The molecule has 16 rings (SSSR count). The van der Waals surface area contributed by atoms with E-state index in [-0.39, 0.29) is 22.9 Å². The number of carbonyl (C=O) groups excluding carboxylic acids is 1. The predicted octanol–water partition coefficient (Wildman–Crippen LogP) is 10.8. The van der Waals surface area contributed by atoms with Crippen molar-refractivity contribution in [3.05, 3.63) is 177 Å². The summed E-state index contributed by atoms with van der Waals surface area (Å²) in [5, 5.41) is 20.3. The maximum atomic E-state index is 15.7. The standard InChI is InChI=1S/C69H62F2N14O5/c1-3-37-29-59(86)49(70)31-43(37)39-5-9-51-45(25-39)47-27-41(7-11-53(47)74-51)66-76-55-13-15-84(35-57(55)78-66)68-63(72-33-61(80-68)82-17-21-89-22-18-82)65(88)64-69(81-62(34-73-64)83-19-23-90-24-20-83)85-16-14-56-58(36-85)79-67(77-56)42-8-12-54-48(28-42)46-26-40(6-10-52(46)75-54)44-32-50(71)60(87)30-38(44)4-2/h5-10,25-34,86-87H,3-4,11-24,35-36H2,1-2H3,(H,76,78)(H,77,79). The van der Waals surface area contributed by atoms with Gasteiger partial charge in [0.05, 0.1) is 97.5 Å². The van der Waals surface area contributed by atoms with E-state index in [1.54, 1.807) is 12.4 Å². The number of anilines is 4. The van der Waals surface area contributed by atoms with Crippen LogP contribution in [0.1, 0.15) is 99.5 Å². The van der Waals surface area contributed by atoms with Gasteiger partial charge < -0.3 is 49.3 Å². The molecule has 8 aliphatic rings. The number of phenolic OH excluding ortho intramolecular Hbond substituents is 2. The van der Waals surface area contributed by atoms with E-state index in [9.17, 15) is 19.0 Å². The molecule has 2 fully saturated rings. The van der Waals surface area contributed by atoms with Gasteiger partial charge in [0.25, 0.3) is 0 Å². The Bertz CT molecular complexity index is 4260. The molecule has 8 aromatic rings. The Morgan fingerprint density at radius 3 is 1.43 bits per heavy atom. The summed E-state index contributed by atoms with van der Waals surface area (Å²) in [6.45, 7) is 10.5. The number of ketones is 1. The summed E-state index contributed by atoms with van der Waals surface area (Å²) in [4.78, 5) is 72.4. The summed E-state index contributed by atoms with van der Waals surface area (Å²) in [5.41, 5.74) is 18.3. The van der Waals surface area contributed by atoms with Gasteiger partial charge in [-0.05, 0) is 107 Å². The van der Waals surface area contributed by atoms with Crippen LogP contribution in [0, 0.1) is 11.6 Å². The Balaban J connectivity index is 0.696. The van der Waals surface area contributed by atoms with Crippen LogP contribution in [0.15, 0.2) is 107 Å². The van der Waals surface area contributed by atoms with Gasteiger partial charge in [-0.15, -0.1) is 0 Å². The highest BCUT2D eigenvalue weighted by Gasteiger charge is 2.35. The molecule has 0 amide bonds. The molecule has 2 saturated heterocycles. The first-order valence-electron chi connectivity index (χ1n) is 30.9. The highest BCUT2D eigenvalue weighted by molar-refractivity contribution is 6.33. The third-order valence-electron chi connectivity index (χ3n) is 18.5. The van der Waals surface area contributed by atoms with Gasteiger partial charge in [-0.1, -0.05) is 38.1 Å². The largest absolute Gasteiger partial charge is 0.505 e. The molecule has 452 valence electrons. The smallest absolute Gasteiger partial charge is 0.237 e. The molecule has 10 heterocycles. The van der Waals surface area contributed by atoms with Crippen molar-refractivity contribution in [3.8, 4) is 33.8 Å². The van der Waals surface area contributed by atoms with Gasteiger partial charge in [-0.25, -0.2) is 38.7 Å². The lowest BCUT2D eigenvalue weighted by molar-refractivity contribution is 0.102. The van der Waals surface area contributed by atoms with Crippen molar-refractivity contribution < 1.29 is 33.3 Å². The maximum absolute atomic E-state index is 15.7. The number of halogens is 2. The van der Waals surface area contributed by atoms with Gasteiger partial charge in [0.1, 0.15) is 23.3 Å². The zero-order valence-corrected chi connectivity index (χ0v) is 49.7. The number of H-pyrrole nitrogens is 2. The van der Waals surface area contributed by atoms with Crippen LogP contribution in [0.4, 0.5) is 43.4 Å². The molecule has 4 aromatic heterocycles. The van der Waals surface area contributed by atoms with Crippen LogP contribution in [-0.2, 0) is 48.2 Å². The molecular formula is C69H62F2N14O5. The Hall–Kier alpha value is -9.99. The molecule has 2 aliphatic carbocycles. The molecule has 19 nitrogen and oxygen atoms in total. The average molecular weight is 1210 g/mol. The quantitative estimate of drug-likeness (QED) is 0.0836. The van der Waals surface area contributed by atoms with Gasteiger partial charge in [-0.2, -0.15) is 0 Å². The molecule has 0 atom stereocenters. The average Bonchev–Trinajstić information content (AvgIpc) is 1.54. The molecular weight excluding hydrogens is 1140 g/mol. The number of nitrogens with one attached hydrogen (secondary N) is 2. The predicted molar refractivity (Wildman–Crippen MR) is 341 cm³/mol. The number of aryl methyl sites for hydroxylation is 2. The lowest BCUT2D eigenvalue weighted by atomic mass is 9.90. The second-order valence-corrected chi connectivity index (χ2v) is 23.7. The summed E-state index contributed by atoms with van der Waals surface area (Å²) < 4.78 is 41.0. The van der Waals surface area contributed by atoms with Crippen molar-refractivity contribution in [2.45, 2.75) is 65.5 Å². The number of benzene rings is 4. The molecule has 4 aromatic carbocycles. The Labute approximate surface area is 516 Å². The van der Waals surface area contributed by atoms with E-state index in [1.165, 1.54) is 24.3 Å². The van der Waals surface area contributed by atoms with Crippen molar-refractivity contribution in [2.75, 3.05) is 85.3 Å². The minimum atomic E-state index is -0.659. The summed E-state index contributed by atoms with van der Waals surface area (Å²) in [6.07, 6.45) is 15.5. The maximum Gasteiger partial charge on any atom is 0.237 e. The first-order valence-corrected chi connectivity index (χ1v) is 30.9. The third-order valence-corrected chi connectivity index (χ3v) is 18.5. The van der Waals surface area contributed by atoms with Gasteiger partial charge in [0.2, 0.25) is 5.78 Å². The number of imidazole rings is 2. The first-order chi connectivity index (χ1) is 44.0. The van der Waals surface area contributed by atoms with Crippen LogP contribution >= 0.6 is 0 Å². The summed E-state index contributed by atoms with van der Waals surface area (Å²) >= 11 is 0. The number of aromatic nitrogens is 8. The van der Waals surface area contributed by atoms with Crippen molar-refractivity contribution in [1.29, 1.82) is 0 Å². The molecule has 6 aliphatic heterocycles. The number of morpholine rings is 2. The number of aliphatic imine (C=N–C) groups is 2. The van der Waals surface area contributed by atoms with E-state index in [0.29, 0.717) is 141 Å². The van der Waals surface area contributed by atoms with Crippen LogP contribution in [0.3, 0.4) is 0 Å². The Kier molecular flexibility index (Phi) is 13.7. The molecule has 0 spiro atoms. The number of aromatic hydroxyl groups is 2. The number of carbonyl (C=O) groups is 1. The molecule has 0 saturated carbocycles. The van der Waals surface area contributed by atoms with Crippen LogP contribution in [0.25, 0.3) is 44.5 Å². The number of ether oxygens (including phenoxy) is 2. The van der Waals surface area contributed by atoms with Crippen LogP contribution in [0.5, 0.6) is 11.5 Å². The number of phenols is 2. The second kappa shape index (κ2) is 22.2. The fourth-order valence-corrected chi connectivity index (χ4v) is 13.6. The van der Waals surface area contributed by atoms with Crippen molar-refractivity contribution in [3.63, 3.8) is 0 Å². The first kappa shape index (κ1) is 55.3. The van der Waals surface area contributed by atoms with E-state index in [0.717, 1.165) is 124 Å². The SMILES string of the molecule is CCc1cc(O)c(F)cc1-c1ccc2c(c1)C1=CC(c3nc4c([nH]3)CN(c3nc(N5CCOCC5)cnc3C(=O)c3ncc(N5CCOCC5)nc3N3CCc5nc(C6=CCC7=Nc8ccc(-c9cc(F)c(O)cc9CC)cc8C7=C6)[nH]c5C3)CC4)=CCC1=N2. The normalized spacial score (nSPS) is 17.5. The van der Waals surface area contributed by atoms with E-state index < -0.39 is 17.4 Å². The minimum Gasteiger partial charge on any atom is -0.505 e. The van der Waals surface area contributed by atoms with Crippen molar-refractivity contribution in [2.24, 2.45) is 9.98 Å². The third kappa shape index (κ3) is 9.73. The number of hydrogen-bond acceptors (Lipinski definition) is 17. The van der Waals surface area contributed by atoms with Gasteiger partial charge in [0.15, 0.2) is 46.2 Å². The molecule has 0 radical (unpaired) electrons. The molecule has 90 heavy (non-hydrogen) atoms. The lowest BCUT2D eigenvalue weighted by Gasteiger charge is -2.32. The fourth-order valence-electron chi connectivity index (χ4n) is 13.6. The summed E-state index contributed by atoms with van der Waals surface area (Å²) in [5.74, 6) is 1.21. The van der Waals surface area contributed by atoms with Crippen LogP contribution in [0.2, 0.25) is 0 Å². The van der Waals surface area contributed by atoms with Crippen LogP contribution < -0.4 is 19.6 Å². The second-order valence-electron chi connectivity index (χ2n) is 23.7. The highest BCUT2D eigenvalue weighted by atomic mass is 19.1. The summed E-state index contributed by atoms with van der Waals surface area (Å²) in [7, 11) is 0. The number of hydrogen-bond donors (Lipinski definition) is 4. The number of aromatic amines is 2. The van der Waals surface area contributed by atoms with E-state index >= 15 is 4.79 Å². The zero-order chi connectivity index (χ0) is 60.9. The van der Waals surface area contributed by atoms with E-state index in [2.05, 4.69) is 66.0 Å². The number of fused-ring (bicyclic) bond motifs is 8. The lowest BCUT2D eigenvalue weighted by Crippen LogP contribution is -2.39. The molecule has 0 bridgehead atoms. The van der Waals surface area contributed by atoms with Crippen molar-refractivity contribution >= 4 is 74.1 Å². The zero-order valence-electron chi connectivity index (χ0n) is 49.7. The van der Waals surface area contributed by atoms with Gasteiger partial charge in [-0.3, -0.25) is 14.8 Å². The molecule has 21 heteroatoms. The minimum absolute atomic E-state index is 0.167. The summed E-state index contributed by atoms with van der Waals surface area (Å²) in [6, 6.07) is 17.8. The van der Waals surface area contributed by atoms with Gasteiger partial charge in [0, 0.05) is 98.4 Å². The topological polar surface area (TPSA) is 223 Å². The van der Waals surface area contributed by atoms with E-state index in [4.69, 9.17) is 49.4 Å². The van der Waals surface area contributed by atoms with Gasteiger partial charge >= 0.3 is 0 Å². The monoisotopic (exact) mass is 1200 g/mol. The number of rotatable bonds is 12. The van der Waals surface area contributed by atoms with Crippen molar-refractivity contribution in [1.82, 2.24) is 39.9 Å². The fraction of sp³-hybridized carbons (Fsp3) is 0.290. The van der Waals surface area contributed by atoms with E-state index in [1.807, 2.05) is 38.1 Å². The number of nitrogens with zero attached hydrogens (tertiary/aromatic N) is 12. The highest BCUT2D eigenvalue weighted by Crippen LogP contribution is 2.46. The number of allylic oxidation sites excluding steroid dienone is 8. The molecule has 4 N–H and O–H groups in total. The Morgan fingerprint density at radius 2 is 1.00 bits per heavy atom.